The predicted molar refractivity (Wildman–Crippen MR) is 332 cm³/mol. The predicted octanol–water partition coefficient (Wildman–Crippen LogP) is 8.84. The van der Waals surface area contributed by atoms with E-state index in [0.717, 1.165) is 101 Å². The molecule has 8 rings (SSSR count). The first kappa shape index (κ1) is 64.8. The molecule has 2 aromatic heterocycles. The highest BCUT2D eigenvalue weighted by Crippen LogP contribution is 2.36. The van der Waals surface area contributed by atoms with E-state index in [1.807, 2.05) is 96.1 Å². The molecule has 2 aliphatic heterocycles. The molecule has 17 nitrogen and oxygen atoms in total. The molecule has 2 saturated heterocycles. The van der Waals surface area contributed by atoms with E-state index in [2.05, 4.69) is 25.9 Å². The highest BCUT2D eigenvalue weighted by atomic mass is 16.2. The van der Waals surface area contributed by atoms with Crippen LogP contribution in [-0.2, 0) is 41.6 Å². The SMILES string of the molecule is CC[C@@H](C)C(=O)N[C@H](C(=O)N1CCC[C@H]1CN(CCc1ccccc1)C(=O)CCC(=O)c1ccc(-c2ccc(C(=O)NCC(=O)N(CCc3ccccc3)C[C@@H]3CCCN3C(=O)[C@@H](CC(=O)[C@H](C)NC)C3CCCCC3)cn2)nc1)C1CCCCC1. The molecule has 4 heterocycles. The molecular weight excluding hydrogens is 1080 g/mol. The summed E-state index contributed by atoms with van der Waals surface area (Å²) in [6.07, 6.45) is 18.2. The van der Waals surface area contributed by atoms with Crippen LogP contribution in [0, 0.1) is 23.7 Å². The molecule has 2 saturated carbocycles. The Labute approximate surface area is 509 Å². The third-order valence-electron chi connectivity index (χ3n) is 18.9. The minimum absolute atomic E-state index is 0.0146. The molecule has 6 amide bonds. The van der Waals surface area contributed by atoms with Crippen LogP contribution in [0.25, 0.3) is 11.4 Å². The van der Waals surface area contributed by atoms with Crippen LogP contribution in [0.3, 0.4) is 0 Å². The molecule has 4 aliphatic rings. The summed E-state index contributed by atoms with van der Waals surface area (Å²) in [4.78, 5) is 128. The lowest BCUT2D eigenvalue weighted by Gasteiger charge is -2.37. The minimum Gasteiger partial charge on any atom is -0.344 e. The third kappa shape index (κ3) is 18.0. The maximum Gasteiger partial charge on any atom is 0.253 e. The van der Waals surface area contributed by atoms with E-state index in [1.165, 1.54) is 12.4 Å². The van der Waals surface area contributed by atoms with E-state index < -0.39 is 17.9 Å². The van der Waals surface area contributed by atoms with Crippen molar-refractivity contribution in [3.63, 3.8) is 0 Å². The highest BCUT2D eigenvalue weighted by Gasteiger charge is 2.42. The van der Waals surface area contributed by atoms with Gasteiger partial charge in [0, 0.05) is 100 Å². The second-order valence-corrected chi connectivity index (χ2v) is 24.7. The molecule has 3 N–H and O–H groups in total. The van der Waals surface area contributed by atoms with Gasteiger partial charge in [-0.05, 0) is 132 Å². The Morgan fingerprint density at radius 1 is 0.593 bits per heavy atom. The quantitative estimate of drug-likeness (QED) is 0.0437. The monoisotopic (exact) mass is 1180 g/mol. The molecule has 0 radical (unpaired) electrons. The molecule has 4 aromatic rings. The summed E-state index contributed by atoms with van der Waals surface area (Å²) in [6, 6.07) is 25.1. The lowest BCUT2D eigenvalue weighted by molar-refractivity contribution is -0.143. The van der Waals surface area contributed by atoms with Gasteiger partial charge >= 0.3 is 0 Å². The number of nitrogens with one attached hydrogen (secondary N) is 3. The van der Waals surface area contributed by atoms with Gasteiger partial charge in [0.25, 0.3) is 5.91 Å². The number of hydrogen-bond acceptors (Lipinski definition) is 11. The zero-order valence-electron chi connectivity index (χ0n) is 51.4. The summed E-state index contributed by atoms with van der Waals surface area (Å²) in [5.74, 6) is -1.60. The lowest BCUT2D eigenvalue weighted by Crippen LogP contribution is -2.56. The molecular formula is C69H93N9O8. The van der Waals surface area contributed by atoms with Gasteiger partial charge in [0.15, 0.2) is 5.78 Å². The summed E-state index contributed by atoms with van der Waals surface area (Å²) in [7, 11) is 1.76. The van der Waals surface area contributed by atoms with Gasteiger partial charge in [-0.15, -0.1) is 0 Å². The summed E-state index contributed by atoms with van der Waals surface area (Å²) in [5.41, 5.74) is 3.69. The normalized spacial score (nSPS) is 18.8. The van der Waals surface area contributed by atoms with Gasteiger partial charge in [-0.1, -0.05) is 113 Å². The first-order chi connectivity index (χ1) is 41.7. The number of likely N-dealkylation sites (tertiary alicyclic amines) is 2. The van der Waals surface area contributed by atoms with Gasteiger partial charge < -0.3 is 35.6 Å². The van der Waals surface area contributed by atoms with Crippen LogP contribution in [-0.4, -0.2) is 154 Å². The Bertz CT molecular complexity index is 2680. The summed E-state index contributed by atoms with van der Waals surface area (Å²) < 4.78 is 0. The Morgan fingerprint density at radius 2 is 1.12 bits per heavy atom. The van der Waals surface area contributed by atoms with Crippen molar-refractivity contribution in [1.82, 2.24) is 45.5 Å². The van der Waals surface area contributed by atoms with E-state index in [4.69, 9.17) is 0 Å². The van der Waals surface area contributed by atoms with Crippen LogP contribution in [0.5, 0.6) is 0 Å². The van der Waals surface area contributed by atoms with Crippen LogP contribution in [0.15, 0.2) is 97.3 Å². The number of carbonyl (C=O) groups is 8. The number of aromatic nitrogens is 2. The second kappa shape index (κ2) is 32.6. The number of likely N-dealkylation sites (N-methyl/N-ethyl adjacent to an activating group) is 1. The van der Waals surface area contributed by atoms with Crippen molar-refractivity contribution in [3.8, 4) is 11.4 Å². The van der Waals surface area contributed by atoms with E-state index in [9.17, 15) is 38.4 Å². The van der Waals surface area contributed by atoms with E-state index in [-0.39, 0.29) is 108 Å². The molecule has 86 heavy (non-hydrogen) atoms. The standard InChI is InChI=1S/C69H93N9O8/c1-5-48(2)66(83)74-65(53-26-16-9-17-27-53)69(86)78-39-19-29-57(78)46-75(40-36-50-20-10-6-11-21-50)63(81)35-34-61(79)54-30-32-59(71-43-54)60-33-31-55(44-72-60)67(84)73-45-64(82)76(41-37-51-22-12-7-13-23-51)47-56-28-18-38-77(56)68(85)58(42-62(80)49(3)70-4)52-24-14-8-15-25-52/h6-7,10-13,20-23,30-33,43-44,48-49,52-53,56-58,65,70H,5,8-9,14-19,24-29,34-42,45-47H2,1-4H3,(H,73,84)(H,74,83)/t48-,49+,56+,57+,58+,65+/m1/s1. The van der Waals surface area contributed by atoms with Crippen molar-refractivity contribution < 1.29 is 38.4 Å². The summed E-state index contributed by atoms with van der Waals surface area (Å²) >= 11 is 0. The number of benzene rings is 2. The van der Waals surface area contributed by atoms with Gasteiger partial charge in [0.1, 0.15) is 11.8 Å². The average Bonchev–Trinajstić information content (AvgIpc) is 3.06. The minimum atomic E-state index is -0.591. The lowest BCUT2D eigenvalue weighted by atomic mass is 9.76. The largest absolute Gasteiger partial charge is 0.344 e. The number of ketones is 2. The van der Waals surface area contributed by atoms with E-state index in [0.29, 0.717) is 75.5 Å². The summed E-state index contributed by atoms with van der Waals surface area (Å²) in [5, 5.41) is 9.02. The van der Waals surface area contributed by atoms with Crippen molar-refractivity contribution in [3.05, 3.63) is 120 Å². The van der Waals surface area contributed by atoms with E-state index in [1.54, 1.807) is 36.2 Å². The fourth-order valence-electron chi connectivity index (χ4n) is 13.1. The van der Waals surface area contributed by atoms with Crippen LogP contribution in [0.1, 0.15) is 168 Å². The Balaban J connectivity index is 0.863. The summed E-state index contributed by atoms with van der Waals surface area (Å²) in [6.45, 7) is 8.08. The molecule has 0 spiro atoms. The molecule has 6 atom stereocenters. The van der Waals surface area contributed by atoms with Crippen LogP contribution in [0.4, 0.5) is 0 Å². The number of pyridine rings is 2. The van der Waals surface area contributed by atoms with Crippen molar-refractivity contribution in [2.45, 2.75) is 173 Å². The van der Waals surface area contributed by atoms with Gasteiger partial charge in [0.2, 0.25) is 29.5 Å². The highest BCUT2D eigenvalue weighted by molar-refractivity contribution is 5.98. The average molecular weight is 1180 g/mol. The fraction of sp³-hybridized carbons (Fsp3) is 0.565. The molecule has 0 bridgehead atoms. The molecule has 4 fully saturated rings. The maximum atomic E-state index is 14.6. The van der Waals surface area contributed by atoms with Crippen LogP contribution < -0.4 is 16.0 Å². The number of nitrogens with zero attached hydrogens (tertiary/aromatic N) is 6. The Morgan fingerprint density at radius 3 is 1.64 bits per heavy atom. The number of carbonyl (C=O) groups excluding carboxylic acids is 8. The van der Waals surface area contributed by atoms with Gasteiger partial charge in [0.05, 0.1) is 29.5 Å². The molecule has 17 heteroatoms. The van der Waals surface area contributed by atoms with Crippen LogP contribution in [0.2, 0.25) is 0 Å². The number of Topliss-reactive ketones (excluding diaryl/α,β-unsaturated/α-hetero) is 2. The zero-order valence-corrected chi connectivity index (χ0v) is 51.4. The third-order valence-corrected chi connectivity index (χ3v) is 18.9. The van der Waals surface area contributed by atoms with Gasteiger partial charge in [-0.3, -0.25) is 48.3 Å². The van der Waals surface area contributed by atoms with Crippen molar-refractivity contribution in [2.24, 2.45) is 23.7 Å². The smallest absolute Gasteiger partial charge is 0.253 e. The topological polar surface area (TPSA) is 211 Å². The Hall–Kier alpha value is -7.14. The molecule has 2 aromatic carbocycles. The van der Waals surface area contributed by atoms with E-state index >= 15 is 0 Å². The van der Waals surface area contributed by atoms with Gasteiger partial charge in [-0.2, -0.15) is 0 Å². The van der Waals surface area contributed by atoms with Crippen molar-refractivity contribution in [2.75, 3.05) is 52.9 Å². The van der Waals surface area contributed by atoms with Crippen molar-refractivity contribution in [1.29, 1.82) is 0 Å². The van der Waals surface area contributed by atoms with Gasteiger partial charge in [-0.25, -0.2) is 0 Å². The van der Waals surface area contributed by atoms with Crippen LogP contribution >= 0.6 is 0 Å². The number of hydrogen-bond donors (Lipinski definition) is 3. The number of rotatable bonds is 29. The number of amides is 6. The molecule has 462 valence electrons. The van der Waals surface area contributed by atoms with Crippen molar-refractivity contribution >= 4 is 47.0 Å². The maximum absolute atomic E-state index is 14.6. The second-order valence-electron chi connectivity index (χ2n) is 24.7. The first-order valence-corrected chi connectivity index (χ1v) is 32.2. The first-order valence-electron chi connectivity index (χ1n) is 32.2. The zero-order chi connectivity index (χ0) is 61.0. The fourth-order valence-corrected chi connectivity index (χ4v) is 13.1. The Kier molecular flexibility index (Phi) is 24.5. The molecule has 0 unspecified atom stereocenters. The molecule has 2 aliphatic carbocycles.